The van der Waals surface area contributed by atoms with Crippen LogP contribution in [0.1, 0.15) is 0 Å². The minimum absolute atomic E-state index is 0.864. The van der Waals surface area contributed by atoms with Crippen molar-refractivity contribution in [2.75, 3.05) is 9.80 Å². The molecule has 0 spiro atoms. The molecule has 244 valence electrons. The van der Waals surface area contributed by atoms with Crippen LogP contribution in [0.2, 0.25) is 0 Å². The van der Waals surface area contributed by atoms with Crippen molar-refractivity contribution < 1.29 is 0 Å². The zero-order chi connectivity index (χ0) is 34.3. The average molecular weight is 673 g/mol. The third-order valence-corrected chi connectivity index (χ3v) is 14.0. The summed E-state index contributed by atoms with van der Waals surface area (Å²) in [5.41, 5.74) is 4.21. The zero-order valence-corrected chi connectivity index (χ0v) is 29.1. The molecule has 0 bridgehead atoms. The topological polar surface area (TPSA) is 32.3 Å². The summed E-state index contributed by atoms with van der Waals surface area (Å²) in [6.07, 6.45) is 3.71. The van der Waals surface area contributed by atoms with E-state index in [4.69, 9.17) is 9.97 Å². The quantitative estimate of drug-likeness (QED) is 0.107. The molecule has 0 saturated carbocycles. The van der Waals surface area contributed by atoms with Crippen molar-refractivity contribution >= 4 is 63.2 Å². The Morgan fingerprint density at radius 1 is 0.294 bits per heavy atom. The highest BCUT2D eigenvalue weighted by molar-refractivity contribution is 7.20. The molecule has 0 amide bonds. The van der Waals surface area contributed by atoms with Gasteiger partial charge in [-0.05, 0) is 93.5 Å². The number of benzene rings is 6. The van der Waals surface area contributed by atoms with Crippen LogP contribution in [-0.2, 0) is 0 Å². The van der Waals surface area contributed by atoms with Gasteiger partial charge in [-0.3, -0.25) is 9.80 Å². The molecule has 8 aromatic rings. The third kappa shape index (κ3) is 6.23. The molecule has 0 aliphatic carbocycles. The predicted molar refractivity (Wildman–Crippen MR) is 215 cm³/mol. The molecule has 0 saturated heterocycles. The fourth-order valence-corrected chi connectivity index (χ4v) is 11.9. The van der Waals surface area contributed by atoms with Crippen LogP contribution in [-0.4, -0.2) is 18.0 Å². The summed E-state index contributed by atoms with van der Waals surface area (Å²) in [5, 5.41) is 5.16. The number of hydrogen-bond donors (Lipinski definition) is 0. The largest absolute Gasteiger partial charge is 0.295 e. The summed E-state index contributed by atoms with van der Waals surface area (Å²) in [6, 6.07) is 73.4. The van der Waals surface area contributed by atoms with Crippen molar-refractivity contribution in [1.82, 2.24) is 9.97 Å². The minimum atomic E-state index is -2.95. The molecule has 8 rings (SSSR count). The number of para-hydroxylation sites is 2. The lowest BCUT2D eigenvalue weighted by atomic mass is 10.2. The number of anilines is 6. The van der Waals surface area contributed by atoms with Crippen LogP contribution in [0.3, 0.4) is 0 Å². The Hall–Kier alpha value is -6.56. The lowest BCUT2D eigenvalue weighted by Gasteiger charge is -2.36. The van der Waals surface area contributed by atoms with E-state index in [0.717, 1.165) is 34.4 Å². The summed E-state index contributed by atoms with van der Waals surface area (Å²) in [7, 11) is -2.95. The van der Waals surface area contributed by atoms with Crippen LogP contribution in [0, 0.1) is 0 Å². The highest BCUT2D eigenvalue weighted by Gasteiger charge is 2.42. The lowest BCUT2D eigenvalue weighted by Crippen LogP contribution is -2.74. The van der Waals surface area contributed by atoms with Crippen molar-refractivity contribution in [2.24, 2.45) is 0 Å². The lowest BCUT2D eigenvalue weighted by molar-refractivity contribution is 1.18. The molecular weight excluding hydrogens is 637 g/mol. The van der Waals surface area contributed by atoms with E-state index >= 15 is 0 Å². The molecule has 0 unspecified atom stereocenters. The number of rotatable bonds is 10. The Kier molecular flexibility index (Phi) is 9.01. The van der Waals surface area contributed by atoms with Crippen LogP contribution in [0.5, 0.6) is 0 Å². The van der Waals surface area contributed by atoms with E-state index in [-0.39, 0.29) is 0 Å². The van der Waals surface area contributed by atoms with Crippen molar-refractivity contribution in [3.63, 3.8) is 0 Å². The van der Waals surface area contributed by atoms with Crippen LogP contribution < -0.4 is 30.5 Å². The Bertz CT molecular complexity index is 2060. The maximum Gasteiger partial charge on any atom is 0.179 e. The molecule has 5 heteroatoms. The van der Waals surface area contributed by atoms with Crippen LogP contribution in [0.4, 0.5) is 34.4 Å². The van der Waals surface area contributed by atoms with Gasteiger partial charge in [-0.15, -0.1) is 0 Å². The second kappa shape index (κ2) is 14.5. The number of aromatic nitrogens is 2. The molecule has 2 heterocycles. The standard InChI is InChI=1S/C46H36N4Si/c1-5-19-37(20-6-1)49(45-31-13-15-33-47-45)39-23-17-29-43(35-39)51(41-25-9-3-10-26-41,42-27-11-4-12-28-42)44-30-18-24-40(36-44)50(38-21-7-2-8-22-38)46-32-14-16-34-48-46/h1-36H. The molecule has 0 atom stereocenters. The fraction of sp³-hybridized carbons (Fsp3) is 0. The summed E-state index contributed by atoms with van der Waals surface area (Å²) >= 11 is 0. The van der Waals surface area contributed by atoms with Gasteiger partial charge in [-0.25, -0.2) is 9.97 Å². The molecule has 51 heavy (non-hydrogen) atoms. The molecular formula is C46H36N4Si. The monoisotopic (exact) mass is 672 g/mol. The van der Waals surface area contributed by atoms with Crippen molar-refractivity contribution in [3.8, 4) is 0 Å². The van der Waals surface area contributed by atoms with Gasteiger partial charge < -0.3 is 0 Å². The molecule has 0 radical (unpaired) electrons. The summed E-state index contributed by atoms with van der Waals surface area (Å²) < 4.78 is 0. The average Bonchev–Trinajstić information content (AvgIpc) is 3.21. The van der Waals surface area contributed by atoms with Gasteiger partial charge in [0.05, 0.1) is 0 Å². The summed E-state index contributed by atoms with van der Waals surface area (Å²) in [4.78, 5) is 14.1. The smallest absolute Gasteiger partial charge is 0.179 e. The molecule has 0 fully saturated rings. The van der Waals surface area contributed by atoms with E-state index in [2.05, 4.69) is 192 Å². The van der Waals surface area contributed by atoms with Gasteiger partial charge in [0.25, 0.3) is 0 Å². The first-order valence-electron chi connectivity index (χ1n) is 17.2. The SMILES string of the molecule is c1ccc(N(c2cccc([Si](c3ccccc3)(c3ccccc3)c3cccc(N(c4ccccc4)c4ccccn4)c3)c2)c2ccccn2)cc1. The van der Waals surface area contributed by atoms with E-state index in [1.54, 1.807) is 0 Å². The Morgan fingerprint density at radius 2 is 0.627 bits per heavy atom. The molecule has 6 aromatic carbocycles. The van der Waals surface area contributed by atoms with Crippen LogP contribution in [0.25, 0.3) is 0 Å². The maximum atomic E-state index is 4.81. The maximum absolute atomic E-state index is 4.81. The predicted octanol–water partition coefficient (Wildman–Crippen LogP) is 8.79. The molecule has 0 aliphatic rings. The van der Waals surface area contributed by atoms with Crippen molar-refractivity contribution in [1.29, 1.82) is 0 Å². The molecule has 4 nitrogen and oxygen atoms in total. The second-order valence-electron chi connectivity index (χ2n) is 12.3. The Labute approximate surface area is 300 Å². The van der Waals surface area contributed by atoms with Crippen molar-refractivity contribution in [2.45, 2.75) is 0 Å². The van der Waals surface area contributed by atoms with Gasteiger partial charge >= 0.3 is 0 Å². The number of pyridine rings is 2. The normalized spacial score (nSPS) is 11.1. The second-order valence-corrected chi connectivity index (χ2v) is 16.1. The Morgan fingerprint density at radius 3 is 1.00 bits per heavy atom. The van der Waals surface area contributed by atoms with Gasteiger partial charge in [0, 0.05) is 35.1 Å². The highest BCUT2D eigenvalue weighted by atomic mass is 28.3. The number of nitrogens with zero attached hydrogens (tertiary/aromatic N) is 4. The number of hydrogen-bond acceptors (Lipinski definition) is 4. The minimum Gasteiger partial charge on any atom is -0.295 e. The molecule has 0 N–H and O–H groups in total. The summed E-state index contributed by atoms with van der Waals surface area (Å²) in [6.45, 7) is 0. The first kappa shape index (κ1) is 31.7. The van der Waals surface area contributed by atoms with Crippen LogP contribution >= 0.6 is 0 Å². The van der Waals surface area contributed by atoms with E-state index in [1.807, 2.05) is 36.7 Å². The zero-order valence-electron chi connectivity index (χ0n) is 28.1. The first-order valence-corrected chi connectivity index (χ1v) is 19.2. The van der Waals surface area contributed by atoms with Gasteiger partial charge in [0.15, 0.2) is 8.07 Å². The van der Waals surface area contributed by atoms with E-state index < -0.39 is 8.07 Å². The Balaban J connectivity index is 1.40. The van der Waals surface area contributed by atoms with Gasteiger partial charge in [0.1, 0.15) is 11.6 Å². The van der Waals surface area contributed by atoms with E-state index in [9.17, 15) is 0 Å². The van der Waals surface area contributed by atoms with Gasteiger partial charge in [-0.2, -0.15) is 0 Å². The molecule has 2 aromatic heterocycles. The van der Waals surface area contributed by atoms with Crippen LogP contribution in [0.15, 0.2) is 219 Å². The van der Waals surface area contributed by atoms with Crippen molar-refractivity contribution in [3.05, 3.63) is 219 Å². The fourth-order valence-electron chi connectivity index (χ4n) is 7.09. The van der Waals surface area contributed by atoms with E-state index in [1.165, 1.54) is 20.7 Å². The van der Waals surface area contributed by atoms with Gasteiger partial charge in [0.2, 0.25) is 0 Å². The van der Waals surface area contributed by atoms with Gasteiger partial charge in [-0.1, -0.05) is 133 Å². The molecule has 0 aliphatic heterocycles. The third-order valence-electron chi connectivity index (χ3n) is 9.27. The highest BCUT2D eigenvalue weighted by Crippen LogP contribution is 2.34. The first-order chi connectivity index (χ1) is 25.3. The summed E-state index contributed by atoms with van der Waals surface area (Å²) in [5.74, 6) is 1.73. The van der Waals surface area contributed by atoms with E-state index in [0.29, 0.717) is 0 Å².